The maximum Gasteiger partial charge on any atom is 0.314 e. The van der Waals surface area contributed by atoms with Gasteiger partial charge in [-0.3, -0.25) is 4.79 Å². The molecule has 1 aliphatic heterocycles. The Labute approximate surface area is 94.8 Å². The van der Waals surface area contributed by atoms with Gasteiger partial charge in [0, 0.05) is 19.6 Å². The average molecular weight is 229 g/mol. The van der Waals surface area contributed by atoms with Gasteiger partial charge in [0.25, 0.3) is 0 Å². The molecular formula is C10H19N3O3. The summed E-state index contributed by atoms with van der Waals surface area (Å²) in [5, 5.41) is 11.7. The van der Waals surface area contributed by atoms with Crippen LogP contribution in [0.4, 0.5) is 4.79 Å². The Morgan fingerprint density at radius 3 is 2.88 bits per heavy atom. The monoisotopic (exact) mass is 229 g/mol. The summed E-state index contributed by atoms with van der Waals surface area (Å²) >= 11 is 0. The maximum atomic E-state index is 11.7. The summed E-state index contributed by atoms with van der Waals surface area (Å²) in [6, 6.07) is -0.479. The number of carbonyl (C=O) groups is 2. The van der Waals surface area contributed by atoms with Gasteiger partial charge in [-0.2, -0.15) is 0 Å². The zero-order valence-corrected chi connectivity index (χ0v) is 9.48. The van der Waals surface area contributed by atoms with Crippen LogP contribution < -0.4 is 11.1 Å². The van der Waals surface area contributed by atoms with Crippen LogP contribution in [0.1, 0.15) is 19.8 Å². The third kappa shape index (κ3) is 3.69. The molecule has 6 nitrogen and oxygen atoms in total. The predicted molar refractivity (Wildman–Crippen MR) is 58.6 cm³/mol. The topological polar surface area (TPSA) is 95.7 Å². The molecular weight excluding hydrogens is 210 g/mol. The van der Waals surface area contributed by atoms with Gasteiger partial charge in [0.2, 0.25) is 5.91 Å². The van der Waals surface area contributed by atoms with Gasteiger partial charge < -0.3 is 21.1 Å². The van der Waals surface area contributed by atoms with Crippen molar-refractivity contribution >= 4 is 11.9 Å². The van der Waals surface area contributed by atoms with Crippen LogP contribution in [0.15, 0.2) is 0 Å². The summed E-state index contributed by atoms with van der Waals surface area (Å²) in [7, 11) is 0. The molecule has 3 amide bonds. The van der Waals surface area contributed by atoms with Crippen molar-refractivity contribution in [2.24, 2.45) is 11.7 Å². The van der Waals surface area contributed by atoms with E-state index in [0.29, 0.717) is 13.1 Å². The van der Waals surface area contributed by atoms with E-state index in [0.717, 1.165) is 12.8 Å². The van der Waals surface area contributed by atoms with E-state index in [1.165, 1.54) is 4.90 Å². The molecule has 0 radical (unpaired) electrons. The number of piperidine rings is 1. The third-order valence-electron chi connectivity index (χ3n) is 2.68. The Balaban J connectivity index is 2.41. The summed E-state index contributed by atoms with van der Waals surface area (Å²) in [5.41, 5.74) is 5.17. The Kier molecular flexibility index (Phi) is 4.54. The number of aliphatic hydroxyl groups is 1. The largest absolute Gasteiger partial charge is 0.392 e. The lowest BCUT2D eigenvalue weighted by atomic mass is 9.97. The number of nitrogens with zero attached hydrogens (tertiary/aromatic N) is 1. The predicted octanol–water partition coefficient (Wildman–Crippen LogP) is -0.726. The molecule has 16 heavy (non-hydrogen) atoms. The van der Waals surface area contributed by atoms with E-state index in [-0.39, 0.29) is 18.4 Å². The molecule has 1 saturated heterocycles. The Bertz CT molecular complexity index is 268. The van der Waals surface area contributed by atoms with E-state index in [1.54, 1.807) is 6.92 Å². The van der Waals surface area contributed by atoms with E-state index in [9.17, 15) is 9.59 Å². The molecule has 6 heteroatoms. The number of hydrogen-bond acceptors (Lipinski definition) is 3. The van der Waals surface area contributed by atoms with E-state index >= 15 is 0 Å². The fourth-order valence-electron chi connectivity index (χ4n) is 1.78. The molecule has 1 rings (SSSR count). The molecule has 0 spiro atoms. The van der Waals surface area contributed by atoms with Crippen molar-refractivity contribution in [2.45, 2.75) is 25.9 Å². The second-order valence-electron chi connectivity index (χ2n) is 4.22. The van der Waals surface area contributed by atoms with E-state index in [2.05, 4.69) is 5.32 Å². The van der Waals surface area contributed by atoms with Gasteiger partial charge in [-0.1, -0.05) is 0 Å². The number of rotatable bonds is 3. The first-order valence-corrected chi connectivity index (χ1v) is 5.51. The zero-order chi connectivity index (χ0) is 12.1. The lowest BCUT2D eigenvalue weighted by molar-refractivity contribution is -0.126. The Morgan fingerprint density at radius 2 is 2.31 bits per heavy atom. The van der Waals surface area contributed by atoms with Crippen molar-refractivity contribution in [2.75, 3.05) is 19.6 Å². The highest BCUT2D eigenvalue weighted by Gasteiger charge is 2.27. The first-order chi connectivity index (χ1) is 7.50. The van der Waals surface area contributed by atoms with Crippen LogP contribution in [0.3, 0.4) is 0 Å². The lowest BCUT2D eigenvalue weighted by Gasteiger charge is -2.30. The summed E-state index contributed by atoms with van der Waals surface area (Å²) in [6.45, 7) is 2.85. The SMILES string of the molecule is C[C@@H](O)CNC(=O)C1CCCN(C(N)=O)C1. The number of likely N-dealkylation sites (tertiary alicyclic amines) is 1. The van der Waals surface area contributed by atoms with Crippen LogP contribution in [0.2, 0.25) is 0 Å². The minimum Gasteiger partial charge on any atom is -0.392 e. The molecule has 2 atom stereocenters. The standard InChI is InChI=1S/C10H19N3O3/c1-7(14)5-12-9(15)8-3-2-4-13(6-8)10(11)16/h7-8,14H,2-6H2,1H3,(H2,11,16)(H,12,15)/t7-,8?/m1/s1. The van der Waals surface area contributed by atoms with Crippen molar-refractivity contribution < 1.29 is 14.7 Å². The van der Waals surface area contributed by atoms with E-state index in [4.69, 9.17) is 10.8 Å². The number of aliphatic hydroxyl groups excluding tert-OH is 1. The van der Waals surface area contributed by atoms with Crippen molar-refractivity contribution in [1.82, 2.24) is 10.2 Å². The summed E-state index contributed by atoms with van der Waals surface area (Å²) in [5.74, 6) is -0.327. The average Bonchev–Trinajstić information content (AvgIpc) is 2.26. The number of nitrogens with two attached hydrogens (primary N) is 1. The van der Waals surface area contributed by atoms with Gasteiger partial charge in [0.15, 0.2) is 0 Å². The van der Waals surface area contributed by atoms with Crippen LogP contribution in [0.25, 0.3) is 0 Å². The number of hydrogen-bond donors (Lipinski definition) is 3. The molecule has 0 saturated carbocycles. The smallest absolute Gasteiger partial charge is 0.314 e. The van der Waals surface area contributed by atoms with Crippen LogP contribution in [0, 0.1) is 5.92 Å². The minimum atomic E-state index is -0.556. The van der Waals surface area contributed by atoms with Gasteiger partial charge in [0.05, 0.1) is 12.0 Å². The molecule has 1 fully saturated rings. The Morgan fingerprint density at radius 1 is 1.62 bits per heavy atom. The quantitative estimate of drug-likeness (QED) is 0.595. The van der Waals surface area contributed by atoms with Crippen molar-refractivity contribution in [1.29, 1.82) is 0 Å². The van der Waals surface area contributed by atoms with Gasteiger partial charge in [0.1, 0.15) is 0 Å². The molecule has 4 N–H and O–H groups in total. The fourth-order valence-corrected chi connectivity index (χ4v) is 1.78. The second kappa shape index (κ2) is 5.69. The molecule has 0 aromatic heterocycles. The van der Waals surface area contributed by atoms with Crippen molar-refractivity contribution in [3.63, 3.8) is 0 Å². The minimum absolute atomic E-state index is 0.119. The number of amides is 3. The van der Waals surface area contributed by atoms with Crippen molar-refractivity contribution in [3.05, 3.63) is 0 Å². The first kappa shape index (κ1) is 12.8. The summed E-state index contributed by atoms with van der Waals surface area (Å²) in [6.07, 6.45) is 0.991. The second-order valence-corrected chi connectivity index (χ2v) is 4.22. The third-order valence-corrected chi connectivity index (χ3v) is 2.68. The van der Waals surface area contributed by atoms with Crippen molar-refractivity contribution in [3.8, 4) is 0 Å². The molecule has 92 valence electrons. The maximum absolute atomic E-state index is 11.7. The van der Waals surface area contributed by atoms with Crippen LogP contribution in [-0.2, 0) is 4.79 Å². The van der Waals surface area contributed by atoms with Gasteiger partial charge in [-0.25, -0.2) is 4.79 Å². The van der Waals surface area contributed by atoms with Gasteiger partial charge in [-0.05, 0) is 19.8 Å². The normalized spacial score (nSPS) is 22.6. The zero-order valence-electron chi connectivity index (χ0n) is 9.48. The molecule has 1 aliphatic rings. The van der Waals surface area contributed by atoms with Crippen LogP contribution >= 0.6 is 0 Å². The van der Waals surface area contributed by atoms with Gasteiger partial charge in [-0.15, -0.1) is 0 Å². The van der Waals surface area contributed by atoms with Crippen LogP contribution in [0.5, 0.6) is 0 Å². The number of urea groups is 1. The molecule has 0 aromatic rings. The highest BCUT2D eigenvalue weighted by atomic mass is 16.3. The first-order valence-electron chi connectivity index (χ1n) is 5.51. The van der Waals surface area contributed by atoms with Crippen LogP contribution in [-0.4, -0.2) is 47.7 Å². The molecule has 0 aliphatic carbocycles. The molecule has 1 heterocycles. The van der Waals surface area contributed by atoms with E-state index < -0.39 is 12.1 Å². The lowest BCUT2D eigenvalue weighted by Crippen LogP contribution is -2.48. The highest BCUT2D eigenvalue weighted by molar-refractivity contribution is 5.80. The summed E-state index contributed by atoms with van der Waals surface area (Å²) in [4.78, 5) is 24.1. The number of primary amides is 1. The molecule has 1 unspecified atom stereocenters. The van der Waals surface area contributed by atoms with E-state index in [1.807, 2.05) is 0 Å². The summed E-state index contributed by atoms with van der Waals surface area (Å²) < 4.78 is 0. The highest BCUT2D eigenvalue weighted by Crippen LogP contribution is 2.16. The van der Waals surface area contributed by atoms with Gasteiger partial charge >= 0.3 is 6.03 Å². The molecule has 0 bridgehead atoms. The number of carbonyl (C=O) groups excluding carboxylic acids is 2. The molecule has 0 aromatic carbocycles. The Hall–Kier alpha value is -1.30. The number of nitrogens with one attached hydrogen (secondary N) is 1. The fraction of sp³-hybridized carbons (Fsp3) is 0.800.